The maximum Gasteiger partial charge on any atom is 0.244 e. The summed E-state index contributed by atoms with van der Waals surface area (Å²) in [5.74, 6) is -0.639. The van der Waals surface area contributed by atoms with E-state index in [1.807, 2.05) is 38.1 Å². The molecule has 1 atom stereocenters. The molecule has 2 aromatic rings. The first-order valence-electron chi connectivity index (χ1n) is 12.9. The zero-order valence-corrected chi connectivity index (χ0v) is 23.7. The van der Waals surface area contributed by atoms with Gasteiger partial charge in [-0.2, -0.15) is 0 Å². The summed E-state index contributed by atoms with van der Waals surface area (Å²) in [5, 5.41) is 3.53. The van der Waals surface area contributed by atoms with Crippen LogP contribution in [0.15, 0.2) is 42.5 Å². The predicted molar refractivity (Wildman–Crippen MR) is 149 cm³/mol. The Kier molecular flexibility index (Phi) is 10.0. The third-order valence-corrected chi connectivity index (χ3v) is 8.42. The van der Waals surface area contributed by atoms with Crippen molar-refractivity contribution >= 4 is 39.1 Å². The van der Waals surface area contributed by atoms with Gasteiger partial charge < -0.3 is 10.2 Å². The van der Waals surface area contributed by atoms with Crippen LogP contribution in [0.1, 0.15) is 62.1 Å². The molecule has 0 bridgehead atoms. The number of carbonyl (C=O) groups excluding carboxylic acids is 2. The number of nitrogens with one attached hydrogen (secondary N) is 1. The number of nitrogens with zero attached hydrogens (tertiary/aromatic N) is 2. The lowest BCUT2D eigenvalue weighted by atomic mass is 9.95. The minimum Gasteiger partial charge on any atom is -0.352 e. The Morgan fingerprint density at radius 3 is 2.35 bits per heavy atom. The van der Waals surface area contributed by atoms with E-state index >= 15 is 0 Å². The van der Waals surface area contributed by atoms with Crippen molar-refractivity contribution in [3.63, 3.8) is 0 Å². The largest absolute Gasteiger partial charge is 0.352 e. The molecule has 2 amide bonds. The van der Waals surface area contributed by atoms with Crippen molar-refractivity contribution in [2.75, 3.05) is 17.1 Å². The Morgan fingerprint density at radius 1 is 1.05 bits per heavy atom. The summed E-state index contributed by atoms with van der Waals surface area (Å²) in [6.45, 7) is 5.37. The zero-order chi connectivity index (χ0) is 27.2. The molecule has 0 radical (unpaired) electrons. The highest BCUT2D eigenvalue weighted by Gasteiger charge is 2.33. The molecule has 202 valence electrons. The van der Waals surface area contributed by atoms with Crippen molar-refractivity contribution < 1.29 is 18.0 Å². The Morgan fingerprint density at radius 2 is 1.73 bits per heavy atom. The third-order valence-electron chi connectivity index (χ3n) is 7.06. The lowest BCUT2D eigenvalue weighted by Gasteiger charge is -2.34. The Labute approximate surface area is 226 Å². The van der Waals surface area contributed by atoms with Gasteiger partial charge in [0.25, 0.3) is 0 Å². The van der Waals surface area contributed by atoms with E-state index in [9.17, 15) is 18.0 Å². The van der Waals surface area contributed by atoms with Gasteiger partial charge in [-0.05, 0) is 61.9 Å². The highest BCUT2D eigenvalue weighted by Crippen LogP contribution is 2.27. The molecule has 0 saturated heterocycles. The van der Waals surface area contributed by atoms with Gasteiger partial charge in [0.05, 0.1) is 11.9 Å². The fourth-order valence-electron chi connectivity index (χ4n) is 4.88. The first-order chi connectivity index (χ1) is 17.5. The summed E-state index contributed by atoms with van der Waals surface area (Å²) in [7, 11) is -3.82. The number of rotatable bonds is 10. The number of hydrogen-bond acceptors (Lipinski definition) is 4. The van der Waals surface area contributed by atoms with Crippen molar-refractivity contribution in [3.05, 3.63) is 64.2 Å². The number of aryl methyl sites for hydroxylation is 2. The van der Waals surface area contributed by atoms with Crippen LogP contribution in [0.2, 0.25) is 5.02 Å². The van der Waals surface area contributed by atoms with E-state index in [0.29, 0.717) is 22.7 Å². The van der Waals surface area contributed by atoms with Gasteiger partial charge in [0, 0.05) is 17.6 Å². The number of sulfonamides is 1. The van der Waals surface area contributed by atoms with Crippen molar-refractivity contribution in [1.82, 2.24) is 10.2 Å². The maximum atomic E-state index is 13.9. The highest BCUT2D eigenvalue weighted by molar-refractivity contribution is 7.92. The molecule has 1 aliphatic rings. The standard InChI is InChI=1S/C28H38ClN3O4S/c1-5-25(28(34)30-24-13-7-6-8-14-24)31(18-22-12-10-9-11-20(22)2)27(33)19-32(37(4,35)36)26-17-23(29)16-15-21(26)3/h9-12,15-17,24-25H,5-8,13-14,18-19H2,1-4H3,(H,30,34)/t25-/m0/s1. The summed E-state index contributed by atoms with van der Waals surface area (Å²) in [6.07, 6.45) is 6.68. The Bertz CT molecular complexity index is 1210. The van der Waals surface area contributed by atoms with Crippen LogP contribution in [0.5, 0.6) is 0 Å². The molecule has 1 N–H and O–H groups in total. The van der Waals surface area contributed by atoms with Crippen LogP contribution in [-0.2, 0) is 26.2 Å². The van der Waals surface area contributed by atoms with Crippen LogP contribution < -0.4 is 9.62 Å². The molecule has 0 aromatic heterocycles. The van der Waals surface area contributed by atoms with E-state index in [1.165, 1.54) is 11.3 Å². The quantitative estimate of drug-likeness (QED) is 0.454. The highest BCUT2D eigenvalue weighted by atomic mass is 35.5. The third kappa shape index (κ3) is 7.71. The van der Waals surface area contributed by atoms with Crippen LogP contribution in [0.3, 0.4) is 0 Å². The molecule has 0 aliphatic heterocycles. The van der Waals surface area contributed by atoms with E-state index in [2.05, 4.69) is 5.32 Å². The first-order valence-corrected chi connectivity index (χ1v) is 15.1. The molecule has 0 heterocycles. The average molecular weight is 548 g/mol. The normalized spacial score (nSPS) is 15.2. The molecule has 1 saturated carbocycles. The van der Waals surface area contributed by atoms with Crippen LogP contribution in [0, 0.1) is 13.8 Å². The number of carbonyl (C=O) groups is 2. The van der Waals surface area contributed by atoms with Crippen LogP contribution in [-0.4, -0.2) is 50.0 Å². The number of benzene rings is 2. The Hall–Kier alpha value is -2.58. The minimum atomic E-state index is -3.82. The van der Waals surface area contributed by atoms with Gasteiger partial charge in [0.1, 0.15) is 12.6 Å². The van der Waals surface area contributed by atoms with Crippen LogP contribution in [0.4, 0.5) is 5.69 Å². The van der Waals surface area contributed by atoms with E-state index in [4.69, 9.17) is 11.6 Å². The molecule has 0 unspecified atom stereocenters. The molecule has 0 spiro atoms. The van der Waals surface area contributed by atoms with Gasteiger partial charge in [-0.1, -0.05) is 68.1 Å². The molecular formula is C28H38ClN3O4S. The number of halogens is 1. The second-order valence-electron chi connectivity index (χ2n) is 9.92. The van der Waals surface area contributed by atoms with Gasteiger partial charge in [-0.3, -0.25) is 13.9 Å². The molecule has 3 rings (SSSR count). The average Bonchev–Trinajstić information content (AvgIpc) is 2.85. The van der Waals surface area contributed by atoms with Crippen LogP contribution in [0.25, 0.3) is 0 Å². The smallest absolute Gasteiger partial charge is 0.244 e. The van der Waals surface area contributed by atoms with Crippen molar-refractivity contribution in [3.8, 4) is 0 Å². The van der Waals surface area contributed by atoms with Gasteiger partial charge in [0.15, 0.2) is 0 Å². The SMILES string of the molecule is CC[C@@H](C(=O)NC1CCCCC1)N(Cc1ccccc1C)C(=O)CN(c1cc(Cl)ccc1C)S(C)(=O)=O. The fraction of sp³-hybridized carbons (Fsp3) is 0.500. The lowest BCUT2D eigenvalue weighted by Crippen LogP contribution is -2.54. The lowest BCUT2D eigenvalue weighted by molar-refractivity contribution is -0.140. The second-order valence-corrected chi connectivity index (χ2v) is 12.3. The van der Waals surface area contributed by atoms with E-state index in [1.54, 1.807) is 25.1 Å². The molecular weight excluding hydrogens is 510 g/mol. The van der Waals surface area contributed by atoms with Gasteiger partial charge in [0.2, 0.25) is 21.8 Å². The molecule has 7 nitrogen and oxygen atoms in total. The number of amides is 2. The molecule has 2 aromatic carbocycles. The topological polar surface area (TPSA) is 86.8 Å². The first kappa shape index (κ1) is 29.0. The minimum absolute atomic E-state index is 0.104. The number of anilines is 1. The molecule has 1 fully saturated rings. The predicted octanol–water partition coefficient (Wildman–Crippen LogP) is 4.98. The Balaban J connectivity index is 1.95. The van der Waals surface area contributed by atoms with Crippen molar-refractivity contribution in [1.29, 1.82) is 0 Å². The summed E-state index contributed by atoms with van der Waals surface area (Å²) in [4.78, 5) is 28.9. The van der Waals surface area contributed by atoms with E-state index < -0.39 is 28.5 Å². The van der Waals surface area contributed by atoms with Crippen molar-refractivity contribution in [2.24, 2.45) is 0 Å². The van der Waals surface area contributed by atoms with Crippen LogP contribution >= 0.6 is 11.6 Å². The molecule has 9 heteroatoms. The monoisotopic (exact) mass is 547 g/mol. The summed E-state index contributed by atoms with van der Waals surface area (Å²) in [6, 6.07) is 12.0. The fourth-order valence-corrected chi connectivity index (χ4v) is 5.95. The van der Waals surface area contributed by atoms with Gasteiger partial charge >= 0.3 is 0 Å². The second kappa shape index (κ2) is 12.8. The number of hydrogen-bond donors (Lipinski definition) is 1. The summed E-state index contributed by atoms with van der Waals surface area (Å²) in [5.41, 5.74) is 2.92. The summed E-state index contributed by atoms with van der Waals surface area (Å²) < 4.78 is 26.7. The maximum absolute atomic E-state index is 13.9. The van der Waals surface area contributed by atoms with Gasteiger partial charge in [-0.15, -0.1) is 0 Å². The van der Waals surface area contributed by atoms with Gasteiger partial charge in [-0.25, -0.2) is 8.42 Å². The van der Waals surface area contributed by atoms with E-state index in [-0.39, 0.29) is 18.5 Å². The zero-order valence-electron chi connectivity index (χ0n) is 22.2. The molecule has 1 aliphatic carbocycles. The summed E-state index contributed by atoms with van der Waals surface area (Å²) >= 11 is 6.17. The van der Waals surface area contributed by atoms with Crippen molar-refractivity contribution in [2.45, 2.75) is 77.9 Å². The van der Waals surface area contributed by atoms with E-state index in [0.717, 1.165) is 47.4 Å². The molecule has 37 heavy (non-hydrogen) atoms.